The van der Waals surface area contributed by atoms with Crippen LogP contribution >= 0.6 is 23.2 Å². The van der Waals surface area contributed by atoms with Crippen molar-refractivity contribution in [3.8, 4) is 17.2 Å². The van der Waals surface area contributed by atoms with Crippen LogP contribution in [0, 0.1) is 0 Å². The second kappa shape index (κ2) is 14.4. The third kappa shape index (κ3) is 9.43. The molecule has 1 atom stereocenters. The molecule has 0 aliphatic rings. The molecule has 0 amide bonds. The molecule has 0 saturated carbocycles. The van der Waals surface area contributed by atoms with E-state index < -0.39 is 23.1 Å². The molecule has 10 heteroatoms. The Morgan fingerprint density at radius 2 is 1.44 bits per heavy atom. The van der Waals surface area contributed by atoms with Crippen molar-refractivity contribution in [3.63, 3.8) is 0 Å². The fraction of sp³-hybridized carbons (Fsp3) is 0.172. The molecule has 4 aromatic carbocycles. The van der Waals surface area contributed by atoms with Gasteiger partial charge in [0.15, 0.2) is 6.29 Å². The SMILES string of the molecule is Oc1ccc(Oc2ccccc2CC(OCc2cccc(Cl)c2)OCc2ccc(C(F)(F)F)c(Cl)c2)cc1.[NaH]. The van der Waals surface area contributed by atoms with Gasteiger partial charge in [0, 0.05) is 11.4 Å². The van der Waals surface area contributed by atoms with Gasteiger partial charge in [-0.05, 0) is 71.3 Å². The van der Waals surface area contributed by atoms with Gasteiger partial charge in [0.05, 0.1) is 23.8 Å². The molecule has 0 aliphatic heterocycles. The summed E-state index contributed by atoms with van der Waals surface area (Å²) in [5, 5.41) is 9.70. The van der Waals surface area contributed by atoms with E-state index in [1.54, 1.807) is 30.3 Å². The molecule has 4 aromatic rings. The summed E-state index contributed by atoms with van der Waals surface area (Å²) in [6.45, 7) is 0.166. The van der Waals surface area contributed by atoms with E-state index >= 15 is 0 Å². The van der Waals surface area contributed by atoms with Crippen LogP contribution in [0.25, 0.3) is 0 Å². The summed E-state index contributed by atoms with van der Waals surface area (Å²) in [6.07, 6.45) is -5.04. The molecule has 0 radical (unpaired) electrons. The molecule has 200 valence electrons. The Hall–Kier alpha value is -2.23. The molecular weight excluding hydrogens is 563 g/mol. The Balaban J connectivity index is 0.00000420. The number of benzene rings is 4. The Kier molecular flexibility index (Phi) is 11.6. The van der Waals surface area contributed by atoms with Crippen LogP contribution in [0.1, 0.15) is 22.3 Å². The van der Waals surface area contributed by atoms with Crippen molar-refractivity contribution in [1.82, 2.24) is 0 Å². The first-order valence-electron chi connectivity index (χ1n) is 11.6. The van der Waals surface area contributed by atoms with Crippen LogP contribution in [-0.2, 0) is 35.3 Å². The zero-order chi connectivity index (χ0) is 27.1. The monoisotopic (exact) mass is 586 g/mol. The number of ether oxygens (including phenoxy) is 3. The summed E-state index contributed by atoms with van der Waals surface area (Å²) in [7, 11) is 0. The Bertz CT molecular complexity index is 1370. The normalized spacial score (nSPS) is 12.0. The summed E-state index contributed by atoms with van der Waals surface area (Å²) in [6, 6.07) is 24.4. The first-order chi connectivity index (χ1) is 18.2. The summed E-state index contributed by atoms with van der Waals surface area (Å²) in [5.74, 6) is 1.22. The van der Waals surface area contributed by atoms with Crippen molar-refractivity contribution in [2.45, 2.75) is 32.1 Å². The van der Waals surface area contributed by atoms with Gasteiger partial charge >= 0.3 is 35.7 Å². The number of hydrogen-bond acceptors (Lipinski definition) is 4. The van der Waals surface area contributed by atoms with Crippen LogP contribution in [0.15, 0.2) is 91.0 Å². The van der Waals surface area contributed by atoms with Crippen molar-refractivity contribution in [1.29, 1.82) is 0 Å². The minimum atomic E-state index is -4.54. The number of halogens is 5. The van der Waals surface area contributed by atoms with Gasteiger partial charge in [0.1, 0.15) is 17.2 Å². The molecule has 0 aliphatic carbocycles. The quantitative estimate of drug-likeness (QED) is 0.150. The fourth-order valence-electron chi connectivity index (χ4n) is 3.64. The van der Waals surface area contributed by atoms with Gasteiger partial charge in [-0.15, -0.1) is 0 Å². The summed E-state index contributed by atoms with van der Waals surface area (Å²) >= 11 is 12.0. The number of hydrogen-bond donors (Lipinski definition) is 1. The molecule has 0 saturated heterocycles. The molecule has 4 nitrogen and oxygen atoms in total. The molecule has 0 fully saturated rings. The molecule has 0 aromatic heterocycles. The fourth-order valence-corrected chi connectivity index (χ4v) is 4.17. The van der Waals surface area contributed by atoms with Crippen molar-refractivity contribution >= 4 is 52.8 Å². The van der Waals surface area contributed by atoms with Crippen molar-refractivity contribution < 1.29 is 32.5 Å². The summed E-state index contributed by atoms with van der Waals surface area (Å²) < 4.78 is 57.3. The van der Waals surface area contributed by atoms with Crippen molar-refractivity contribution in [2.24, 2.45) is 0 Å². The van der Waals surface area contributed by atoms with Gasteiger partial charge in [-0.25, -0.2) is 0 Å². The zero-order valence-corrected chi connectivity index (χ0v) is 21.4. The van der Waals surface area contributed by atoms with E-state index in [-0.39, 0.29) is 54.9 Å². The van der Waals surface area contributed by atoms with Crippen LogP contribution in [0.5, 0.6) is 17.2 Å². The molecular formula is C29H24Cl2F3NaO4. The van der Waals surface area contributed by atoms with E-state index in [4.69, 9.17) is 37.4 Å². The van der Waals surface area contributed by atoms with Gasteiger partial charge in [-0.1, -0.05) is 59.6 Å². The second-order valence-electron chi connectivity index (χ2n) is 8.40. The first-order valence-corrected chi connectivity index (χ1v) is 12.3. The molecule has 1 N–H and O–H groups in total. The van der Waals surface area contributed by atoms with E-state index in [9.17, 15) is 18.3 Å². The maximum atomic E-state index is 13.1. The van der Waals surface area contributed by atoms with E-state index in [0.29, 0.717) is 22.1 Å². The number of rotatable bonds is 10. The summed E-state index contributed by atoms with van der Waals surface area (Å²) in [5.41, 5.74) is 1.17. The molecule has 1 unspecified atom stereocenters. The first kappa shape index (κ1) is 31.3. The molecule has 39 heavy (non-hydrogen) atoms. The van der Waals surface area contributed by atoms with Crippen molar-refractivity contribution in [2.75, 3.05) is 0 Å². The van der Waals surface area contributed by atoms with Crippen LogP contribution in [-0.4, -0.2) is 41.0 Å². The van der Waals surface area contributed by atoms with E-state index in [1.165, 1.54) is 24.3 Å². The standard InChI is InChI=1S/C29H23Cl2F3O4.Na.H/c30-22-6-3-4-19(14-22)17-36-28(37-18-20-8-13-25(26(31)15-20)29(32,33)34)16-21-5-1-2-7-27(21)38-24-11-9-23(35)10-12-24;;/h1-15,28,35H,16-18H2;;. The van der Waals surface area contributed by atoms with E-state index in [1.807, 2.05) is 30.3 Å². The zero-order valence-electron chi connectivity index (χ0n) is 19.9. The van der Waals surface area contributed by atoms with Crippen LogP contribution in [0.4, 0.5) is 13.2 Å². The average molecular weight is 587 g/mol. The predicted octanol–water partition coefficient (Wildman–Crippen LogP) is 8.16. The van der Waals surface area contributed by atoms with Gasteiger partial charge in [-0.2, -0.15) is 13.2 Å². The Morgan fingerprint density at radius 1 is 0.769 bits per heavy atom. The van der Waals surface area contributed by atoms with Gasteiger partial charge in [0.25, 0.3) is 0 Å². The molecule has 0 heterocycles. The number of phenols is 1. The van der Waals surface area contributed by atoms with Crippen LogP contribution < -0.4 is 4.74 Å². The Labute approximate surface area is 256 Å². The van der Waals surface area contributed by atoms with Crippen LogP contribution in [0.3, 0.4) is 0 Å². The second-order valence-corrected chi connectivity index (χ2v) is 9.24. The molecule has 0 spiro atoms. The van der Waals surface area contributed by atoms with E-state index in [2.05, 4.69) is 0 Å². The van der Waals surface area contributed by atoms with E-state index in [0.717, 1.165) is 17.2 Å². The number of phenolic OH excluding ortho intramolecular Hbond substituents is 1. The minimum absolute atomic E-state index is 0. The predicted molar refractivity (Wildman–Crippen MR) is 147 cm³/mol. The van der Waals surface area contributed by atoms with Gasteiger partial charge < -0.3 is 19.3 Å². The van der Waals surface area contributed by atoms with Gasteiger partial charge in [0.2, 0.25) is 0 Å². The third-order valence-electron chi connectivity index (χ3n) is 5.52. The molecule has 0 bridgehead atoms. The average Bonchev–Trinajstić information content (AvgIpc) is 2.87. The maximum absolute atomic E-state index is 13.1. The molecule has 4 rings (SSSR count). The van der Waals surface area contributed by atoms with Crippen LogP contribution in [0.2, 0.25) is 10.0 Å². The number of alkyl halides is 3. The topological polar surface area (TPSA) is 47.9 Å². The number of aromatic hydroxyl groups is 1. The van der Waals surface area contributed by atoms with Gasteiger partial charge in [-0.3, -0.25) is 0 Å². The summed E-state index contributed by atoms with van der Waals surface area (Å²) in [4.78, 5) is 0. The Morgan fingerprint density at radius 3 is 2.08 bits per heavy atom. The van der Waals surface area contributed by atoms with Crippen molar-refractivity contribution in [3.05, 3.63) is 123 Å². The third-order valence-corrected chi connectivity index (χ3v) is 6.07. The number of para-hydroxylation sites is 1.